The first-order chi connectivity index (χ1) is 15.0. The highest BCUT2D eigenvalue weighted by molar-refractivity contribution is 5.66. The fraction of sp³-hybridized carbons (Fsp3) is 0.304. The van der Waals surface area contributed by atoms with Gasteiger partial charge in [-0.05, 0) is 72.2 Å². The Labute approximate surface area is 180 Å². The number of benzene rings is 1. The topological polar surface area (TPSA) is 84.1 Å². The van der Waals surface area contributed by atoms with Gasteiger partial charge in [0.2, 0.25) is 0 Å². The second-order valence-corrected chi connectivity index (χ2v) is 7.51. The number of aromatic nitrogens is 5. The van der Waals surface area contributed by atoms with Gasteiger partial charge >= 0.3 is 5.69 Å². The molecule has 0 radical (unpaired) electrons. The van der Waals surface area contributed by atoms with Crippen LogP contribution in [0.15, 0.2) is 64.8 Å². The van der Waals surface area contributed by atoms with Crippen molar-refractivity contribution in [2.75, 3.05) is 13.7 Å². The fourth-order valence-corrected chi connectivity index (χ4v) is 3.75. The zero-order valence-corrected chi connectivity index (χ0v) is 18.1. The molecule has 0 saturated carbocycles. The van der Waals surface area contributed by atoms with E-state index in [1.54, 1.807) is 20.4 Å². The van der Waals surface area contributed by atoms with Crippen molar-refractivity contribution < 1.29 is 9.47 Å². The maximum Gasteiger partial charge on any atom is 0.363 e. The molecule has 2 aromatic heterocycles. The molecular formula is C23H25N5O3. The molecule has 0 N–H and O–H groups in total. The lowest BCUT2D eigenvalue weighted by Gasteiger charge is -2.24. The molecular weight excluding hydrogens is 394 g/mol. The Morgan fingerprint density at radius 1 is 1.16 bits per heavy atom. The summed E-state index contributed by atoms with van der Waals surface area (Å²) in [7, 11) is 3.19. The molecule has 1 atom stereocenters. The van der Waals surface area contributed by atoms with Crippen LogP contribution in [0, 0.1) is 13.8 Å². The number of rotatable bonds is 6. The van der Waals surface area contributed by atoms with Crippen molar-refractivity contribution in [1.29, 1.82) is 0 Å². The summed E-state index contributed by atoms with van der Waals surface area (Å²) in [5, 5.41) is 7.86. The van der Waals surface area contributed by atoms with Crippen LogP contribution in [0.5, 0.6) is 5.75 Å². The van der Waals surface area contributed by atoms with E-state index in [-0.39, 0.29) is 18.3 Å². The summed E-state index contributed by atoms with van der Waals surface area (Å²) < 4.78 is 14.4. The second kappa shape index (κ2) is 8.59. The van der Waals surface area contributed by atoms with Crippen LogP contribution in [-0.4, -0.2) is 38.5 Å². The van der Waals surface area contributed by atoms with Crippen molar-refractivity contribution in [2.24, 2.45) is 7.05 Å². The molecule has 1 aliphatic rings. The Kier molecular flexibility index (Phi) is 5.70. The van der Waals surface area contributed by atoms with Crippen molar-refractivity contribution in [2.45, 2.75) is 26.3 Å². The molecule has 4 rings (SSSR count). The van der Waals surface area contributed by atoms with Gasteiger partial charge < -0.3 is 9.47 Å². The first kappa shape index (κ1) is 20.6. The van der Waals surface area contributed by atoms with Gasteiger partial charge in [-0.25, -0.2) is 4.79 Å². The van der Waals surface area contributed by atoms with Gasteiger partial charge in [-0.3, -0.25) is 4.98 Å². The standard InChI is InChI=1S/C23H25N5O3/c1-15-13-22(16(2)12-17(15)19-8-5-6-11-24-19)31-14-18-20(9-7-10-21(18)30-4)28-23(29)27(3)25-26-28/h5-8,10-13,20H,9,14H2,1-4H3. The van der Waals surface area contributed by atoms with Crippen LogP contribution in [0.2, 0.25) is 0 Å². The molecule has 160 valence electrons. The van der Waals surface area contributed by atoms with Crippen LogP contribution in [-0.2, 0) is 11.8 Å². The summed E-state index contributed by atoms with van der Waals surface area (Å²) in [5.41, 5.74) is 4.65. The minimum atomic E-state index is -0.310. The molecule has 3 aromatic rings. The van der Waals surface area contributed by atoms with E-state index >= 15 is 0 Å². The van der Waals surface area contributed by atoms with E-state index in [2.05, 4.69) is 21.5 Å². The highest BCUT2D eigenvalue weighted by Gasteiger charge is 2.27. The van der Waals surface area contributed by atoms with E-state index < -0.39 is 0 Å². The Morgan fingerprint density at radius 2 is 2.00 bits per heavy atom. The number of pyridine rings is 1. The van der Waals surface area contributed by atoms with E-state index in [4.69, 9.17) is 9.47 Å². The van der Waals surface area contributed by atoms with Gasteiger partial charge in [-0.15, -0.1) is 0 Å². The molecule has 0 spiro atoms. The summed E-state index contributed by atoms with van der Waals surface area (Å²) in [5.74, 6) is 1.45. The average Bonchev–Trinajstić information content (AvgIpc) is 3.12. The van der Waals surface area contributed by atoms with E-state index in [0.29, 0.717) is 12.2 Å². The number of nitrogens with zero attached hydrogens (tertiary/aromatic N) is 5. The van der Waals surface area contributed by atoms with E-state index in [0.717, 1.165) is 33.7 Å². The third-order valence-corrected chi connectivity index (χ3v) is 5.45. The summed E-state index contributed by atoms with van der Waals surface area (Å²) >= 11 is 0. The van der Waals surface area contributed by atoms with E-state index in [1.807, 2.05) is 50.3 Å². The van der Waals surface area contributed by atoms with Crippen molar-refractivity contribution in [3.63, 3.8) is 0 Å². The lowest BCUT2D eigenvalue weighted by molar-refractivity contribution is 0.264. The van der Waals surface area contributed by atoms with Crippen molar-refractivity contribution in [3.8, 4) is 17.0 Å². The number of tetrazole rings is 1. The van der Waals surface area contributed by atoms with Gasteiger partial charge in [-0.2, -0.15) is 9.36 Å². The first-order valence-corrected chi connectivity index (χ1v) is 10.1. The van der Waals surface area contributed by atoms with E-state index in [1.165, 1.54) is 9.36 Å². The number of allylic oxidation sites excluding steroid dienone is 2. The summed E-state index contributed by atoms with van der Waals surface area (Å²) in [6, 6.07) is 9.68. The molecule has 1 aromatic carbocycles. The molecule has 0 saturated heterocycles. The molecule has 1 unspecified atom stereocenters. The lowest BCUT2D eigenvalue weighted by Crippen LogP contribution is -2.31. The summed E-state index contributed by atoms with van der Waals surface area (Å²) in [6.45, 7) is 4.32. The van der Waals surface area contributed by atoms with E-state index in [9.17, 15) is 4.79 Å². The predicted molar refractivity (Wildman–Crippen MR) is 117 cm³/mol. The Bertz CT molecular complexity index is 1210. The van der Waals surface area contributed by atoms with Gasteiger partial charge in [0.25, 0.3) is 0 Å². The van der Waals surface area contributed by atoms with Crippen molar-refractivity contribution >= 4 is 0 Å². The highest BCUT2D eigenvalue weighted by Crippen LogP contribution is 2.32. The zero-order chi connectivity index (χ0) is 22.0. The van der Waals surface area contributed by atoms with Crippen molar-refractivity contribution in [3.05, 3.63) is 81.6 Å². The predicted octanol–water partition coefficient (Wildman–Crippen LogP) is 3.14. The minimum Gasteiger partial charge on any atom is -0.497 e. The first-order valence-electron chi connectivity index (χ1n) is 10.1. The van der Waals surface area contributed by atoms with Crippen LogP contribution in [0.3, 0.4) is 0 Å². The quantitative estimate of drug-likeness (QED) is 0.610. The molecule has 0 amide bonds. The number of hydrogen-bond acceptors (Lipinski definition) is 6. The number of hydrogen-bond donors (Lipinski definition) is 0. The molecule has 0 bridgehead atoms. The van der Waals surface area contributed by atoms with Gasteiger partial charge in [-0.1, -0.05) is 12.1 Å². The number of methoxy groups -OCH3 is 1. The molecule has 0 aliphatic heterocycles. The fourth-order valence-electron chi connectivity index (χ4n) is 3.75. The highest BCUT2D eigenvalue weighted by atomic mass is 16.5. The molecule has 8 heteroatoms. The number of aryl methyl sites for hydroxylation is 3. The molecule has 8 nitrogen and oxygen atoms in total. The van der Waals surface area contributed by atoms with Crippen LogP contribution in [0.4, 0.5) is 0 Å². The third-order valence-electron chi connectivity index (χ3n) is 5.45. The van der Waals surface area contributed by atoms with Gasteiger partial charge in [0.15, 0.2) is 0 Å². The van der Waals surface area contributed by atoms with Gasteiger partial charge in [0, 0.05) is 24.4 Å². The maximum atomic E-state index is 12.4. The SMILES string of the molecule is COC1=C(COc2cc(C)c(-c3ccccn3)cc2C)C(n2nnn(C)c2=O)CC=C1. The number of ether oxygens (including phenoxy) is 2. The largest absolute Gasteiger partial charge is 0.497 e. The Hall–Kier alpha value is -3.68. The second-order valence-electron chi connectivity index (χ2n) is 7.51. The van der Waals surface area contributed by atoms with Gasteiger partial charge in [0.1, 0.15) is 18.1 Å². The maximum absolute atomic E-state index is 12.4. The van der Waals surface area contributed by atoms with Gasteiger partial charge in [0.05, 0.1) is 18.8 Å². The minimum absolute atomic E-state index is 0.268. The van der Waals surface area contributed by atoms with Crippen LogP contribution >= 0.6 is 0 Å². The average molecular weight is 419 g/mol. The third kappa shape index (κ3) is 4.01. The summed E-state index contributed by atoms with van der Waals surface area (Å²) in [6.07, 6.45) is 6.27. The normalized spacial score (nSPS) is 15.9. The van der Waals surface area contributed by atoms with Crippen LogP contribution in [0.1, 0.15) is 23.6 Å². The lowest BCUT2D eigenvalue weighted by atomic mass is 9.98. The molecule has 2 heterocycles. The van der Waals surface area contributed by atoms with Crippen LogP contribution in [0.25, 0.3) is 11.3 Å². The molecule has 0 fully saturated rings. The van der Waals surface area contributed by atoms with Crippen molar-refractivity contribution in [1.82, 2.24) is 24.8 Å². The summed E-state index contributed by atoms with van der Waals surface area (Å²) in [4.78, 5) is 16.9. The molecule has 31 heavy (non-hydrogen) atoms. The smallest absolute Gasteiger partial charge is 0.363 e. The molecule has 1 aliphatic carbocycles. The Morgan fingerprint density at radius 3 is 2.68 bits per heavy atom. The monoisotopic (exact) mass is 419 g/mol. The Balaban J connectivity index is 1.63. The zero-order valence-electron chi connectivity index (χ0n) is 18.1. The van der Waals surface area contributed by atoms with Crippen LogP contribution < -0.4 is 10.4 Å².